The third-order valence-corrected chi connectivity index (χ3v) is 6.61. The summed E-state index contributed by atoms with van der Waals surface area (Å²) in [6.45, 7) is -0.514. The van der Waals surface area contributed by atoms with E-state index in [4.69, 9.17) is 22.1 Å². The molecule has 1 fully saturated rings. The molecule has 5 unspecified atom stereocenters. The summed E-state index contributed by atoms with van der Waals surface area (Å²) in [6.07, 6.45) is -6.23. The summed E-state index contributed by atoms with van der Waals surface area (Å²) in [5.74, 6) is 0. The van der Waals surface area contributed by atoms with Gasteiger partial charge in [-0.05, 0) is 29.9 Å². The quantitative estimate of drug-likeness (QED) is 0.246. The maximum absolute atomic E-state index is 11.2. The lowest BCUT2D eigenvalue weighted by Gasteiger charge is -2.40. The number of nitrogens with two attached hydrogens (primary N) is 1. The maximum Gasteiger partial charge on any atom is 0.267 e. The SMILES string of the molecule is NS(=O)(=O)c1nnc(NC(=S)Nc2ccc(C3OC(CO)C(O)C(O)C3O)cc2)s1. The van der Waals surface area contributed by atoms with Crippen molar-refractivity contribution in [2.45, 2.75) is 34.9 Å². The summed E-state index contributed by atoms with van der Waals surface area (Å²) in [5, 5.41) is 57.1. The van der Waals surface area contributed by atoms with E-state index in [1.54, 1.807) is 24.3 Å². The lowest BCUT2D eigenvalue weighted by molar-refractivity contribution is -0.231. The first-order chi connectivity index (χ1) is 14.1. The molecule has 0 amide bonds. The van der Waals surface area contributed by atoms with E-state index >= 15 is 0 Å². The molecule has 1 saturated heterocycles. The standard InChI is InChI=1S/C15H19N5O7S3/c16-30(25,26)15-20-19-14(29-15)18-13(28)17-7-3-1-6(2-4-7)12-11(24)10(23)9(22)8(5-21)27-12/h1-4,8-12,21-24H,5H2,(H2,16,25,26)(H2,17,18,19,28). The molecule has 164 valence electrons. The van der Waals surface area contributed by atoms with Crippen LogP contribution in [0.15, 0.2) is 28.6 Å². The molecule has 15 heteroatoms. The highest BCUT2D eigenvalue weighted by Crippen LogP contribution is 2.32. The summed E-state index contributed by atoms with van der Waals surface area (Å²) in [5.41, 5.74) is 1.07. The Morgan fingerprint density at radius 2 is 1.80 bits per heavy atom. The molecular formula is C15H19N5O7S3. The smallest absolute Gasteiger partial charge is 0.267 e. The van der Waals surface area contributed by atoms with Gasteiger partial charge in [0.25, 0.3) is 10.0 Å². The molecule has 12 nitrogen and oxygen atoms in total. The first-order valence-corrected chi connectivity index (χ1v) is 11.2. The molecule has 2 heterocycles. The molecule has 0 saturated carbocycles. The van der Waals surface area contributed by atoms with Crippen LogP contribution in [0.3, 0.4) is 0 Å². The van der Waals surface area contributed by atoms with Crippen LogP contribution in [0.1, 0.15) is 11.7 Å². The van der Waals surface area contributed by atoms with Gasteiger partial charge in [-0.3, -0.25) is 0 Å². The van der Waals surface area contributed by atoms with Gasteiger partial charge in [0.15, 0.2) is 5.11 Å². The third-order valence-electron chi connectivity index (χ3n) is 4.26. The zero-order valence-electron chi connectivity index (χ0n) is 15.1. The Kier molecular flexibility index (Phi) is 6.95. The van der Waals surface area contributed by atoms with Gasteiger partial charge in [0, 0.05) is 5.69 Å². The highest BCUT2D eigenvalue weighted by molar-refractivity contribution is 7.91. The number of anilines is 2. The number of thiocarbonyl (C=S) groups is 1. The number of nitrogens with zero attached hydrogens (tertiary/aromatic N) is 2. The molecule has 2 aromatic rings. The van der Waals surface area contributed by atoms with E-state index in [0.29, 0.717) is 11.3 Å². The number of rotatable bonds is 5. The minimum atomic E-state index is -3.95. The molecule has 3 rings (SSSR count). The van der Waals surface area contributed by atoms with Crippen LogP contribution in [0.5, 0.6) is 0 Å². The molecular weight excluding hydrogens is 458 g/mol. The molecule has 0 aliphatic carbocycles. The van der Waals surface area contributed by atoms with E-state index < -0.39 is 47.2 Å². The minimum Gasteiger partial charge on any atom is -0.394 e. The predicted octanol–water partition coefficient (Wildman–Crippen LogP) is -1.49. The number of nitrogens with one attached hydrogen (secondary N) is 2. The van der Waals surface area contributed by atoms with E-state index in [1.807, 2.05) is 0 Å². The zero-order chi connectivity index (χ0) is 22.1. The number of sulfonamides is 1. The summed E-state index contributed by atoms with van der Waals surface area (Å²) >= 11 is 5.86. The van der Waals surface area contributed by atoms with E-state index in [2.05, 4.69) is 20.8 Å². The Bertz CT molecular complexity index is 998. The Labute approximate surface area is 180 Å². The first kappa shape index (κ1) is 22.9. The Morgan fingerprint density at radius 1 is 1.13 bits per heavy atom. The molecule has 1 aromatic heterocycles. The maximum atomic E-state index is 11.2. The topological polar surface area (TPSA) is 200 Å². The van der Waals surface area contributed by atoms with Crippen molar-refractivity contribution in [3.63, 3.8) is 0 Å². The van der Waals surface area contributed by atoms with Crippen LogP contribution in [0.2, 0.25) is 0 Å². The first-order valence-electron chi connectivity index (χ1n) is 8.45. The number of aliphatic hydroxyl groups is 4. The normalized spacial score (nSPS) is 26.9. The van der Waals surface area contributed by atoms with Crippen molar-refractivity contribution in [2.24, 2.45) is 5.14 Å². The summed E-state index contributed by atoms with van der Waals surface area (Å²) in [7, 11) is -3.95. The molecule has 1 aromatic carbocycles. The molecule has 1 aliphatic rings. The number of hydrogen-bond acceptors (Lipinski definition) is 11. The van der Waals surface area contributed by atoms with Gasteiger partial charge in [-0.25, -0.2) is 13.6 Å². The number of aliphatic hydroxyl groups excluding tert-OH is 4. The number of benzene rings is 1. The van der Waals surface area contributed by atoms with Gasteiger partial charge in [0.05, 0.1) is 6.61 Å². The fourth-order valence-corrected chi connectivity index (χ4v) is 4.38. The van der Waals surface area contributed by atoms with Crippen molar-refractivity contribution >= 4 is 49.5 Å². The number of primary sulfonamides is 1. The van der Waals surface area contributed by atoms with Crippen LogP contribution in [0, 0.1) is 0 Å². The highest BCUT2D eigenvalue weighted by Gasteiger charge is 2.43. The predicted molar refractivity (Wildman–Crippen MR) is 110 cm³/mol. The van der Waals surface area contributed by atoms with E-state index in [0.717, 1.165) is 11.3 Å². The van der Waals surface area contributed by atoms with Crippen molar-refractivity contribution in [1.29, 1.82) is 0 Å². The van der Waals surface area contributed by atoms with E-state index in [9.17, 15) is 28.8 Å². The van der Waals surface area contributed by atoms with Crippen LogP contribution >= 0.6 is 23.6 Å². The van der Waals surface area contributed by atoms with E-state index in [-0.39, 0.29) is 14.6 Å². The van der Waals surface area contributed by atoms with Crippen LogP contribution < -0.4 is 15.8 Å². The second-order valence-electron chi connectivity index (χ2n) is 6.37. The monoisotopic (exact) mass is 477 g/mol. The van der Waals surface area contributed by atoms with Crippen molar-refractivity contribution in [3.05, 3.63) is 29.8 Å². The number of aromatic nitrogens is 2. The van der Waals surface area contributed by atoms with Crippen LogP contribution in [-0.4, -0.2) is 75.2 Å². The fourth-order valence-electron chi connectivity index (χ4n) is 2.77. The molecule has 0 radical (unpaired) electrons. The average molecular weight is 478 g/mol. The molecule has 30 heavy (non-hydrogen) atoms. The summed E-state index contributed by atoms with van der Waals surface area (Å²) in [4.78, 5) is 0. The van der Waals surface area contributed by atoms with Crippen molar-refractivity contribution < 1.29 is 33.6 Å². The van der Waals surface area contributed by atoms with E-state index in [1.165, 1.54) is 0 Å². The van der Waals surface area contributed by atoms with Crippen molar-refractivity contribution in [3.8, 4) is 0 Å². The lowest BCUT2D eigenvalue weighted by atomic mass is 9.91. The largest absolute Gasteiger partial charge is 0.394 e. The van der Waals surface area contributed by atoms with Crippen LogP contribution in [0.4, 0.5) is 10.8 Å². The second kappa shape index (κ2) is 9.13. The summed E-state index contributed by atoms with van der Waals surface area (Å²) < 4.78 is 27.6. The molecule has 8 N–H and O–H groups in total. The third kappa shape index (κ3) is 5.08. The van der Waals surface area contributed by atoms with Gasteiger partial charge in [0.1, 0.15) is 30.5 Å². The Balaban J connectivity index is 1.64. The van der Waals surface area contributed by atoms with Crippen molar-refractivity contribution in [2.75, 3.05) is 17.2 Å². The molecule has 5 atom stereocenters. The van der Waals surface area contributed by atoms with Gasteiger partial charge >= 0.3 is 0 Å². The van der Waals surface area contributed by atoms with Crippen LogP contribution in [0.25, 0.3) is 0 Å². The zero-order valence-corrected chi connectivity index (χ0v) is 17.6. The molecule has 1 aliphatic heterocycles. The molecule has 0 spiro atoms. The second-order valence-corrected chi connectivity index (χ2v) is 9.49. The van der Waals surface area contributed by atoms with Gasteiger partial charge < -0.3 is 35.8 Å². The van der Waals surface area contributed by atoms with Gasteiger partial charge in [-0.1, -0.05) is 23.5 Å². The highest BCUT2D eigenvalue weighted by atomic mass is 32.2. The van der Waals surface area contributed by atoms with Gasteiger partial charge in [-0.15, -0.1) is 10.2 Å². The van der Waals surface area contributed by atoms with Gasteiger partial charge in [0.2, 0.25) is 9.47 Å². The molecule has 0 bridgehead atoms. The fraction of sp³-hybridized carbons (Fsp3) is 0.400. The Hall–Kier alpha value is -1.82. The number of ether oxygens (including phenoxy) is 1. The van der Waals surface area contributed by atoms with Crippen molar-refractivity contribution in [1.82, 2.24) is 10.2 Å². The summed E-state index contributed by atoms with van der Waals surface area (Å²) in [6, 6.07) is 6.48. The number of hydrogen-bond donors (Lipinski definition) is 7. The minimum absolute atomic E-state index is 0.118. The van der Waals surface area contributed by atoms with Crippen LogP contribution in [-0.2, 0) is 14.8 Å². The lowest BCUT2D eigenvalue weighted by Crippen LogP contribution is -2.55. The average Bonchev–Trinajstić information content (AvgIpc) is 3.16. The van der Waals surface area contributed by atoms with Gasteiger partial charge in [-0.2, -0.15) is 0 Å². The Morgan fingerprint density at radius 3 is 2.37 bits per heavy atom.